The third kappa shape index (κ3) is 4.53. The van der Waals surface area contributed by atoms with Crippen molar-refractivity contribution in [3.63, 3.8) is 0 Å². The minimum Gasteiger partial charge on any atom is -0.352 e. The van der Waals surface area contributed by atoms with E-state index >= 15 is 0 Å². The number of hydrogen-bond donors (Lipinski definition) is 3. The first-order valence-corrected chi connectivity index (χ1v) is 8.04. The van der Waals surface area contributed by atoms with Crippen LogP contribution in [0.3, 0.4) is 0 Å². The predicted molar refractivity (Wildman–Crippen MR) is 91.5 cm³/mol. The van der Waals surface area contributed by atoms with Crippen molar-refractivity contribution >= 4 is 28.4 Å². The number of thiazole rings is 1. The molecule has 2 aromatic rings. The van der Waals surface area contributed by atoms with Gasteiger partial charge in [0.15, 0.2) is 5.13 Å². The molecule has 1 aromatic heterocycles. The zero-order valence-corrected chi connectivity index (χ0v) is 14.2. The lowest BCUT2D eigenvalue weighted by Crippen LogP contribution is -2.35. The first kappa shape index (κ1) is 17.0. The van der Waals surface area contributed by atoms with Crippen molar-refractivity contribution in [1.82, 2.24) is 10.3 Å². The Bertz CT molecular complexity index is 707. The van der Waals surface area contributed by atoms with Crippen molar-refractivity contribution in [2.45, 2.75) is 33.2 Å². The zero-order chi connectivity index (χ0) is 17.0. The highest BCUT2D eigenvalue weighted by atomic mass is 32.1. The van der Waals surface area contributed by atoms with Gasteiger partial charge in [-0.15, -0.1) is 11.3 Å². The van der Waals surface area contributed by atoms with E-state index in [1.807, 2.05) is 45.0 Å². The summed E-state index contributed by atoms with van der Waals surface area (Å²) in [4.78, 5) is 28.9. The third-order valence-corrected chi connectivity index (χ3v) is 4.53. The van der Waals surface area contributed by atoms with E-state index in [0.717, 1.165) is 21.7 Å². The van der Waals surface area contributed by atoms with Gasteiger partial charge >= 0.3 is 6.03 Å². The van der Waals surface area contributed by atoms with Gasteiger partial charge in [0.2, 0.25) is 5.91 Å². The Hall–Kier alpha value is -2.41. The van der Waals surface area contributed by atoms with Crippen LogP contribution in [0.25, 0.3) is 0 Å². The fraction of sp³-hybridized carbons (Fsp3) is 0.312. The van der Waals surface area contributed by atoms with Gasteiger partial charge in [0.25, 0.3) is 0 Å². The summed E-state index contributed by atoms with van der Waals surface area (Å²) in [5.74, 6) is -0.222. The Morgan fingerprint density at radius 2 is 1.96 bits per heavy atom. The average Bonchev–Trinajstić information content (AvgIpc) is 2.76. The highest BCUT2D eigenvalue weighted by Crippen LogP contribution is 2.24. The first-order valence-electron chi connectivity index (χ1n) is 7.22. The highest BCUT2D eigenvalue weighted by molar-refractivity contribution is 7.15. The van der Waals surface area contributed by atoms with Crippen LogP contribution < -0.4 is 16.4 Å². The van der Waals surface area contributed by atoms with Crippen molar-refractivity contribution in [3.8, 4) is 0 Å². The molecule has 3 amide bonds. The summed E-state index contributed by atoms with van der Waals surface area (Å²) in [6, 6.07) is 6.44. The van der Waals surface area contributed by atoms with Crippen molar-refractivity contribution in [1.29, 1.82) is 0 Å². The largest absolute Gasteiger partial charge is 0.352 e. The molecule has 0 saturated carbocycles. The van der Waals surface area contributed by atoms with Gasteiger partial charge in [0, 0.05) is 4.88 Å². The van der Waals surface area contributed by atoms with Gasteiger partial charge < -0.3 is 16.4 Å². The van der Waals surface area contributed by atoms with Gasteiger partial charge in [0.1, 0.15) is 0 Å². The van der Waals surface area contributed by atoms with Gasteiger partial charge in [0.05, 0.1) is 18.2 Å². The van der Waals surface area contributed by atoms with Crippen LogP contribution in [0.4, 0.5) is 9.93 Å². The van der Waals surface area contributed by atoms with Crippen LogP contribution in [0.5, 0.6) is 0 Å². The summed E-state index contributed by atoms with van der Waals surface area (Å²) >= 11 is 1.43. The molecule has 4 N–H and O–H groups in total. The Morgan fingerprint density at radius 1 is 1.26 bits per heavy atom. The zero-order valence-electron chi connectivity index (χ0n) is 13.3. The molecule has 23 heavy (non-hydrogen) atoms. The molecule has 0 spiro atoms. The number of urea groups is 1. The van der Waals surface area contributed by atoms with E-state index in [0.29, 0.717) is 5.13 Å². The number of nitrogens with zero attached hydrogens (tertiary/aromatic N) is 1. The molecule has 7 heteroatoms. The molecule has 0 saturated heterocycles. The van der Waals surface area contributed by atoms with Crippen LogP contribution in [0.1, 0.15) is 34.2 Å². The second kappa shape index (κ2) is 7.23. The maximum Gasteiger partial charge on any atom is 0.312 e. The summed E-state index contributed by atoms with van der Waals surface area (Å²) < 4.78 is 0. The van der Waals surface area contributed by atoms with E-state index in [-0.39, 0.29) is 12.3 Å². The fourth-order valence-electron chi connectivity index (χ4n) is 2.27. The Balaban J connectivity index is 2.12. The van der Waals surface area contributed by atoms with Crippen LogP contribution in [-0.4, -0.2) is 16.9 Å². The molecular weight excluding hydrogens is 312 g/mol. The number of hydrogen-bond acceptors (Lipinski definition) is 4. The third-order valence-electron chi connectivity index (χ3n) is 3.54. The van der Waals surface area contributed by atoms with Gasteiger partial charge in [-0.2, -0.15) is 0 Å². The van der Waals surface area contributed by atoms with Crippen LogP contribution in [0.2, 0.25) is 0 Å². The summed E-state index contributed by atoms with van der Waals surface area (Å²) in [5, 5.41) is 5.97. The molecule has 1 aromatic carbocycles. The van der Waals surface area contributed by atoms with E-state index in [1.165, 1.54) is 11.3 Å². The number of nitrogens with one attached hydrogen (secondary N) is 2. The maximum atomic E-state index is 12.3. The molecule has 0 aliphatic carbocycles. The van der Waals surface area contributed by atoms with Crippen molar-refractivity contribution in [2.75, 3.05) is 5.32 Å². The first-order chi connectivity index (χ1) is 10.9. The number of aryl methyl sites for hydroxylation is 3. The van der Waals surface area contributed by atoms with Gasteiger partial charge in [-0.1, -0.05) is 24.3 Å². The molecule has 0 bridgehead atoms. The van der Waals surface area contributed by atoms with Crippen LogP contribution >= 0.6 is 11.3 Å². The molecule has 122 valence electrons. The highest BCUT2D eigenvalue weighted by Gasteiger charge is 2.19. The number of aromatic nitrogens is 1. The average molecular weight is 332 g/mol. The molecule has 0 fully saturated rings. The monoisotopic (exact) mass is 332 g/mol. The molecule has 6 nitrogen and oxygen atoms in total. The van der Waals surface area contributed by atoms with Crippen molar-refractivity contribution in [2.24, 2.45) is 5.73 Å². The number of nitrogens with two attached hydrogens (primary N) is 1. The topological polar surface area (TPSA) is 97.1 Å². The number of primary amides is 1. The summed E-state index contributed by atoms with van der Waals surface area (Å²) in [6.07, 6.45) is 0.0888. The number of carbonyl (C=O) groups excluding carboxylic acids is 2. The summed E-state index contributed by atoms with van der Waals surface area (Å²) in [6.45, 7) is 5.77. The molecule has 1 atom stereocenters. The lowest BCUT2D eigenvalue weighted by Gasteiger charge is -2.19. The Labute approximate surface area is 139 Å². The number of anilines is 1. The molecule has 0 aliphatic heterocycles. The quantitative estimate of drug-likeness (QED) is 0.785. The Morgan fingerprint density at radius 3 is 2.52 bits per heavy atom. The fourth-order valence-corrected chi connectivity index (χ4v) is 3.10. The van der Waals surface area contributed by atoms with Crippen molar-refractivity contribution < 1.29 is 9.59 Å². The van der Waals surface area contributed by atoms with E-state index in [2.05, 4.69) is 15.6 Å². The molecule has 0 radical (unpaired) electrons. The minimum absolute atomic E-state index is 0.0888. The lowest BCUT2D eigenvalue weighted by molar-refractivity contribution is -0.116. The smallest absolute Gasteiger partial charge is 0.312 e. The van der Waals surface area contributed by atoms with E-state index in [9.17, 15) is 9.59 Å². The van der Waals surface area contributed by atoms with Crippen LogP contribution in [-0.2, 0) is 4.79 Å². The number of benzene rings is 1. The van der Waals surface area contributed by atoms with Crippen molar-refractivity contribution in [3.05, 3.63) is 46.0 Å². The Kier molecular flexibility index (Phi) is 5.33. The molecule has 1 heterocycles. The predicted octanol–water partition coefficient (Wildman–Crippen LogP) is 2.81. The second-order valence-electron chi connectivity index (χ2n) is 5.33. The van der Waals surface area contributed by atoms with E-state index in [4.69, 9.17) is 5.73 Å². The van der Waals surface area contributed by atoms with Crippen LogP contribution in [0, 0.1) is 20.8 Å². The second-order valence-corrected chi connectivity index (χ2v) is 6.53. The molecule has 0 aliphatic rings. The molecular formula is C16H20N4O2S. The van der Waals surface area contributed by atoms with Crippen LogP contribution in [0.15, 0.2) is 24.3 Å². The van der Waals surface area contributed by atoms with E-state index in [1.54, 1.807) is 0 Å². The number of rotatable bonds is 5. The molecule has 2 rings (SSSR count). The number of amides is 3. The summed E-state index contributed by atoms with van der Waals surface area (Å²) in [7, 11) is 0. The SMILES string of the molecule is Cc1ccccc1[C@H](CC(=O)Nc1nc(C)c(C)s1)NC(N)=O. The molecule has 0 unspecified atom stereocenters. The lowest BCUT2D eigenvalue weighted by atomic mass is 9.98. The maximum absolute atomic E-state index is 12.3. The number of carbonyl (C=O) groups is 2. The standard InChI is InChI=1S/C16H20N4O2S/c1-9-6-4-5-7-12(9)13(19-15(17)22)8-14(21)20-16-18-10(2)11(3)23-16/h4-7,13H,8H2,1-3H3,(H3,17,19,22)(H,18,20,21)/t13-/m0/s1. The van der Waals surface area contributed by atoms with Gasteiger partial charge in [-0.05, 0) is 31.9 Å². The van der Waals surface area contributed by atoms with Gasteiger partial charge in [-0.3, -0.25) is 4.79 Å². The van der Waals surface area contributed by atoms with Gasteiger partial charge in [-0.25, -0.2) is 9.78 Å². The minimum atomic E-state index is -0.660. The normalized spacial score (nSPS) is 11.8. The van der Waals surface area contributed by atoms with E-state index < -0.39 is 12.1 Å². The summed E-state index contributed by atoms with van der Waals surface area (Å²) in [5.41, 5.74) is 7.99.